The van der Waals surface area contributed by atoms with Gasteiger partial charge in [-0.2, -0.15) is 5.26 Å². The first-order valence-corrected chi connectivity index (χ1v) is 4.80. The maximum absolute atomic E-state index is 12.5. The third-order valence-electron chi connectivity index (χ3n) is 1.89. The van der Waals surface area contributed by atoms with Crippen LogP contribution in [0.25, 0.3) is 0 Å². The lowest BCUT2D eigenvalue weighted by Gasteiger charge is -2.08. The van der Waals surface area contributed by atoms with Crippen LogP contribution < -0.4 is 0 Å². The van der Waals surface area contributed by atoms with Gasteiger partial charge < -0.3 is 0 Å². The topological polar surface area (TPSA) is 40.9 Å². The number of halogens is 3. The Labute approximate surface area is 93.6 Å². The van der Waals surface area contributed by atoms with Gasteiger partial charge in [0.2, 0.25) is 0 Å². The lowest BCUT2D eigenvalue weighted by atomic mass is 10.00. The Morgan fingerprint density at radius 2 is 2.13 bits per heavy atom. The quantitative estimate of drug-likeness (QED) is 0.775. The van der Waals surface area contributed by atoms with Crippen molar-refractivity contribution in [3.8, 4) is 6.07 Å². The van der Waals surface area contributed by atoms with E-state index in [9.17, 15) is 13.6 Å². The van der Waals surface area contributed by atoms with Crippen LogP contribution in [0.1, 0.15) is 34.8 Å². The van der Waals surface area contributed by atoms with Gasteiger partial charge in [-0.15, -0.1) is 0 Å². The molecule has 0 amide bonds. The molecule has 0 radical (unpaired) electrons. The summed E-state index contributed by atoms with van der Waals surface area (Å²) in [5.41, 5.74) is -0.659. The molecule has 78 valence electrons. The maximum Gasteiger partial charge on any atom is 0.265 e. The summed E-state index contributed by atoms with van der Waals surface area (Å²) >= 11 is 3.05. The van der Waals surface area contributed by atoms with E-state index in [1.54, 1.807) is 6.07 Å². The molecule has 5 heteroatoms. The van der Waals surface area contributed by atoms with Gasteiger partial charge in [0.15, 0.2) is 5.78 Å². The van der Waals surface area contributed by atoms with E-state index < -0.39 is 17.8 Å². The van der Waals surface area contributed by atoms with Crippen LogP contribution in [0, 0.1) is 11.3 Å². The van der Waals surface area contributed by atoms with Crippen LogP contribution >= 0.6 is 15.9 Å². The molecule has 1 aromatic carbocycles. The standard InChI is InChI=1S/C10H6BrF2NO/c1-5(15)9-7(4-14)6(10(12)13)2-3-8(9)11/h2-3,10H,1H3. The van der Waals surface area contributed by atoms with E-state index in [1.807, 2.05) is 0 Å². The summed E-state index contributed by atoms with van der Waals surface area (Å²) in [6.45, 7) is 1.23. The van der Waals surface area contributed by atoms with Gasteiger partial charge in [-0.05, 0) is 13.0 Å². The van der Waals surface area contributed by atoms with E-state index in [0.717, 1.165) is 6.07 Å². The zero-order chi connectivity index (χ0) is 11.6. The van der Waals surface area contributed by atoms with E-state index in [-0.39, 0.29) is 11.1 Å². The van der Waals surface area contributed by atoms with Crippen molar-refractivity contribution in [1.82, 2.24) is 0 Å². The fraction of sp³-hybridized carbons (Fsp3) is 0.200. The van der Waals surface area contributed by atoms with Gasteiger partial charge in [0.25, 0.3) is 6.43 Å². The number of ketones is 1. The molecule has 0 unspecified atom stereocenters. The number of hydrogen-bond acceptors (Lipinski definition) is 2. The van der Waals surface area contributed by atoms with Crippen molar-refractivity contribution in [3.63, 3.8) is 0 Å². The summed E-state index contributed by atoms with van der Waals surface area (Å²) in [5, 5.41) is 8.77. The van der Waals surface area contributed by atoms with Gasteiger partial charge >= 0.3 is 0 Å². The van der Waals surface area contributed by atoms with Crippen molar-refractivity contribution in [2.24, 2.45) is 0 Å². The Bertz CT molecular complexity index is 451. The molecule has 0 bridgehead atoms. The van der Waals surface area contributed by atoms with E-state index in [1.165, 1.54) is 13.0 Å². The molecule has 1 aromatic rings. The van der Waals surface area contributed by atoms with Gasteiger partial charge in [-0.25, -0.2) is 8.78 Å². The van der Waals surface area contributed by atoms with Crippen LogP contribution in [0.5, 0.6) is 0 Å². The second kappa shape index (κ2) is 4.49. The maximum atomic E-state index is 12.5. The molecule has 0 aliphatic carbocycles. The highest BCUT2D eigenvalue weighted by Crippen LogP contribution is 2.30. The van der Waals surface area contributed by atoms with Gasteiger partial charge in [-0.1, -0.05) is 22.0 Å². The molecular weight excluding hydrogens is 268 g/mol. The third kappa shape index (κ3) is 2.21. The van der Waals surface area contributed by atoms with Crippen molar-refractivity contribution in [1.29, 1.82) is 5.26 Å². The molecule has 0 N–H and O–H groups in total. The van der Waals surface area contributed by atoms with Crippen molar-refractivity contribution in [3.05, 3.63) is 33.3 Å². The highest BCUT2D eigenvalue weighted by atomic mass is 79.9. The molecule has 0 saturated heterocycles. The predicted molar refractivity (Wildman–Crippen MR) is 53.8 cm³/mol. The van der Waals surface area contributed by atoms with Gasteiger partial charge in [0, 0.05) is 15.6 Å². The van der Waals surface area contributed by atoms with Crippen molar-refractivity contribution in [2.45, 2.75) is 13.3 Å². The molecule has 1 rings (SSSR count). The monoisotopic (exact) mass is 273 g/mol. The average Bonchev–Trinajstić information content (AvgIpc) is 2.15. The molecule has 0 heterocycles. The lowest BCUT2D eigenvalue weighted by molar-refractivity contribution is 0.101. The average molecular weight is 274 g/mol. The fourth-order valence-corrected chi connectivity index (χ4v) is 1.85. The van der Waals surface area contributed by atoms with Crippen LogP contribution in [0.3, 0.4) is 0 Å². The Morgan fingerprint density at radius 1 is 1.53 bits per heavy atom. The predicted octanol–water partition coefficient (Wildman–Crippen LogP) is 3.46. The summed E-state index contributed by atoms with van der Waals surface area (Å²) in [4.78, 5) is 11.2. The molecule has 0 spiro atoms. The van der Waals surface area contributed by atoms with E-state index >= 15 is 0 Å². The van der Waals surface area contributed by atoms with Crippen molar-refractivity contribution >= 4 is 21.7 Å². The minimum absolute atomic E-state index is 0.00954. The second-order valence-corrected chi connectivity index (χ2v) is 3.71. The first-order chi connectivity index (χ1) is 6.99. The van der Waals surface area contributed by atoms with E-state index in [4.69, 9.17) is 5.26 Å². The number of benzene rings is 1. The van der Waals surface area contributed by atoms with Crippen LogP contribution in [-0.2, 0) is 0 Å². The number of carbonyl (C=O) groups excluding carboxylic acids is 1. The summed E-state index contributed by atoms with van der Waals surface area (Å²) in [6.07, 6.45) is -2.76. The molecular formula is C10H6BrF2NO. The highest BCUT2D eigenvalue weighted by molar-refractivity contribution is 9.10. The Balaban J connectivity index is 3.56. The molecule has 0 atom stereocenters. The zero-order valence-electron chi connectivity index (χ0n) is 7.72. The number of rotatable bonds is 2. The third-order valence-corrected chi connectivity index (χ3v) is 2.55. The van der Waals surface area contributed by atoms with E-state index in [0.29, 0.717) is 4.47 Å². The fourth-order valence-electron chi connectivity index (χ4n) is 1.24. The number of carbonyl (C=O) groups is 1. The summed E-state index contributed by atoms with van der Waals surface area (Å²) in [6, 6.07) is 4.12. The van der Waals surface area contributed by atoms with Gasteiger partial charge in [-0.3, -0.25) is 4.79 Å². The number of hydrogen-bond donors (Lipinski definition) is 0. The Kier molecular flexibility index (Phi) is 3.53. The Morgan fingerprint density at radius 3 is 2.53 bits per heavy atom. The molecule has 0 saturated carbocycles. The van der Waals surface area contributed by atoms with Crippen molar-refractivity contribution in [2.75, 3.05) is 0 Å². The first-order valence-electron chi connectivity index (χ1n) is 4.00. The normalized spacial score (nSPS) is 10.1. The van der Waals surface area contributed by atoms with Crippen LogP contribution in [-0.4, -0.2) is 5.78 Å². The summed E-state index contributed by atoms with van der Waals surface area (Å²) < 4.78 is 25.4. The summed E-state index contributed by atoms with van der Waals surface area (Å²) in [7, 11) is 0. The van der Waals surface area contributed by atoms with Gasteiger partial charge in [0.1, 0.15) is 6.07 Å². The number of Topliss-reactive ketones (excluding diaryl/α,β-unsaturated/α-hetero) is 1. The molecule has 15 heavy (non-hydrogen) atoms. The Hall–Kier alpha value is -1.28. The largest absolute Gasteiger partial charge is 0.294 e. The minimum Gasteiger partial charge on any atom is -0.294 e. The molecule has 2 nitrogen and oxygen atoms in total. The number of nitriles is 1. The van der Waals surface area contributed by atoms with E-state index in [2.05, 4.69) is 15.9 Å². The smallest absolute Gasteiger partial charge is 0.265 e. The SMILES string of the molecule is CC(=O)c1c(Br)ccc(C(F)F)c1C#N. The zero-order valence-corrected chi connectivity index (χ0v) is 9.31. The molecule has 0 aromatic heterocycles. The van der Waals surface area contributed by atoms with Crippen LogP contribution in [0.4, 0.5) is 8.78 Å². The highest BCUT2D eigenvalue weighted by Gasteiger charge is 2.20. The minimum atomic E-state index is -2.76. The van der Waals surface area contributed by atoms with Crippen LogP contribution in [0.15, 0.2) is 16.6 Å². The number of alkyl halides is 2. The second-order valence-electron chi connectivity index (χ2n) is 2.86. The van der Waals surface area contributed by atoms with Gasteiger partial charge in [0.05, 0.1) is 5.56 Å². The number of nitrogens with zero attached hydrogens (tertiary/aromatic N) is 1. The molecule has 0 fully saturated rings. The lowest BCUT2D eigenvalue weighted by Crippen LogP contribution is -2.03. The van der Waals surface area contributed by atoms with Crippen LogP contribution in [0.2, 0.25) is 0 Å². The molecule has 0 aliphatic rings. The first kappa shape index (κ1) is 11.8. The molecule has 0 aliphatic heterocycles. The summed E-state index contributed by atoms with van der Waals surface area (Å²) in [5.74, 6) is -0.416. The van der Waals surface area contributed by atoms with Crippen molar-refractivity contribution < 1.29 is 13.6 Å².